The van der Waals surface area contributed by atoms with Gasteiger partial charge in [0.1, 0.15) is 5.75 Å². The van der Waals surface area contributed by atoms with Crippen LogP contribution in [0.1, 0.15) is 16.7 Å². The summed E-state index contributed by atoms with van der Waals surface area (Å²) in [5.74, 6) is -0.0290. The number of hydrogen-bond donors (Lipinski definition) is 1. The predicted molar refractivity (Wildman–Crippen MR) is 112 cm³/mol. The molecule has 7 heteroatoms. The third-order valence-electron chi connectivity index (χ3n) is 4.29. The summed E-state index contributed by atoms with van der Waals surface area (Å²) in [6.07, 6.45) is -3.06. The molecule has 3 aromatic carbocycles. The number of carbonyl (C=O) groups is 1. The number of methoxy groups -OCH3 is 1. The lowest BCUT2D eigenvalue weighted by Gasteiger charge is -2.15. The third kappa shape index (κ3) is 5.21. The Balaban J connectivity index is 2.01. The number of alkyl halides is 3. The minimum atomic E-state index is -4.67. The highest BCUT2D eigenvalue weighted by Gasteiger charge is 2.34. The van der Waals surface area contributed by atoms with Crippen LogP contribution in [0.25, 0.3) is 11.6 Å². The summed E-state index contributed by atoms with van der Waals surface area (Å²) in [5, 5.41) is 2.30. The van der Waals surface area contributed by atoms with Crippen molar-refractivity contribution in [3.05, 3.63) is 94.5 Å². The highest BCUT2D eigenvalue weighted by atomic mass is 35.5. The fraction of sp³-hybridized carbons (Fsp3) is 0.0870. The zero-order valence-corrected chi connectivity index (χ0v) is 16.6. The smallest absolute Gasteiger partial charge is 0.418 e. The molecule has 154 valence electrons. The van der Waals surface area contributed by atoms with Crippen molar-refractivity contribution in [2.75, 3.05) is 12.4 Å². The van der Waals surface area contributed by atoms with Crippen molar-refractivity contribution in [3.63, 3.8) is 0 Å². The van der Waals surface area contributed by atoms with Gasteiger partial charge < -0.3 is 10.1 Å². The molecule has 0 aliphatic heterocycles. The molecule has 0 aliphatic carbocycles. The van der Waals surface area contributed by atoms with E-state index in [1.54, 1.807) is 60.7 Å². The Labute approximate surface area is 176 Å². The van der Waals surface area contributed by atoms with Gasteiger partial charge in [-0.25, -0.2) is 0 Å². The van der Waals surface area contributed by atoms with E-state index >= 15 is 0 Å². The summed E-state index contributed by atoms with van der Waals surface area (Å²) in [5.41, 5.74) is 0.0859. The number of rotatable bonds is 5. The summed E-state index contributed by atoms with van der Waals surface area (Å²) in [6.45, 7) is 0. The van der Waals surface area contributed by atoms with Gasteiger partial charge in [0.2, 0.25) is 0 Å². The first-order valence-corrected chi connectivity index (χ1v) is 9.25. The quantitative estimate of drug-likeness (QED) is 0.367. The summed E-state index contributed by atoms with van der Waals surface area (Å²) in [6, 6.07) is 18.9. The van der Waals surface area contributed by atoms with Gasteiger partial charge in [0.25, 0.3) is 5.91 Å². The van der Waals surface area contributed by atoms with E-state index in [0.29, 0.717) is 16.9 Å². The first-order valence-electron chi connectivity index (χ1n) is 8.87. The van der Waals surface area contributed by atoms with Crippen molar-refractivity contribution in [1.29, 1.82) is 0 Å². The second-order valence-electron chi connectivity index (χ2n) is 6.34. The van der Waals surface area contributed by atoms with E-state index in [-0.39, 0.29) is 16.3 Å². The average molecular weight is 432 g/mol. The van der Waals surface area contributed by atoms with Crippen LogP contribution in [0.15, 0.2) is 72.8 Å². The number of anilines is 1. The third-order valence-corrected chi connectivity index (χ3v) is 4.53. The van der Waals surface area contributed by atoms with Gasteiger partial charge in [0, 0.05) is 10.6 Å². The topological polar surface area (TPSA) is 38.3 Å². The summed E-state index contributed by atoms with van der Waals surface area (Å²) in [7, 11) is 1.54. The summed E-state index contributed by atoms with van der Waals surface area (Å²) >= 11 is 5.72. The molecule has 0 spiro atoms. The number of benzene rings is 3. The Morgan fingerprint density at radius 1 is 1.00 bits per heavy atom. The lowest BCUT2D eigenvalue weighted by Crippen LogP contribution is -2.17. The molecule has 1 N–H and O–H groups in total. The molecular formula is C23H17ClF3NO2. The van der Waals surface area contributed by atoms with Crippen molar-refractivity contribution in [3.8, 4) is 5.75 Å². The zero-order chi connectivity index (χ0) is 21.7. The van der Waals surface area contributed by atoms with Gasteiger partial charge in [-0.15, -0.1) is 0 Å². The maximum absolute atomic E-state index is 13.4. The highest BCUT2D eigenvalue weighted by molar-refractivity contribution is 6.31. The average Bonchev–Trinajstić information content (AvgIpc) is 2.73. The van der Waals surface area contributed by atoms with Crippen molar-refractivity contribution in [2.24, 2.45) is 0 Å². The van der Waals surface area contributed by atoms with Crippen LogP contribution in [0, 0.1) is 0 Å². The Hall–Kier alpha value is -3.25. The van der Waals surface area contributed by atoms with Crippen LogP contribution < -0.4 is 10.1 Å². The molecule has 0 bridgehead atoms. The van der Waals surface area contributed by atoms with Crippen LogP contribution in [0.5, 0.6) is 5.75 Å². The Bertz CT molecular complexity index is 1060. The molecule has 0 atom stereocenters. The van der Waals surface area contributed by atoms with Crippen LogP contribution in [-0.2, 0) is 11.0 Å². The van der Waals surface area contributed by atoms with Crippen LogP contribution >= 0.6 is 11.6 Å². The van der Waals surface area contributed by atoms with E-state index in [0.717, 1.165) is 12.1 Å². The van der Waals surface area contributed by atoms with Gasteiger partial charge in [-0.1, -0.05) is 54.1 Å². The lowest BCUT2D eigenvalue weighted by molar-refractivity contribution is -0.136. The van der Waals surface area contributed by atoms with Gasteiger partial charge in [0.15, 0.2) is 0 Å². The Kier molecular flexibility index (Phi) is 6.47. The number of hydrogen-bond acceptors (Lipinski definition) is 2. The van der Waals surface area contributed by atoms with E-state index in [1.807, 2.05) is 0 Å². The van der Waals surface area contributed by atoms with Crippen LogP contribution in [-0.4, -0.2) is 13.0 Å². The van der Waals surface area contributed by atoms with Crippen molar-refractivity contribution in [2.45, 2.75) is 6.18 Å². The van der Waals surface area contributed by atoms with Gasteiger partial charge in [0.05, 0.1) is 18.4 Å². The molecule has 0 radical (unpaired) electrons. The monoisotopic (exact) mass is 431 g/mol. The molecule has 0 heterocycles. The summed E-state index contributed by atoms with van der Waals surface area (Å²) in [4.78, 5) is 13.0. The van der Waals surface area contributed by atoms with Crippen molar-refractivity contribution >= 4 is 34.8 Å². The molecule has 3 aromatic rings. The highest BCUT2D eigenvalue weighted by Crippen LogP contribution is 2.37. The molecule has 0 fully saturated rings. The number of nitrogens with one attached hydrogen (secondary N) is 1. The normalized spacial score (nSPS) is 11.8. The van der Waals surface area contributed by atoms with E-state index in [4.69, 9.17) is 16.3 Å². The predicted octanol–water partition coefficient (Wildman–Crippen LogP) is 6.55. The number of carbonyl (C=O) groups excluding carboxylic acids is 1. The maximum Gasteiger partial charge on any atom is 0.418 e. The molecule has 1 amide bonds. The largest absolute Gasteiger partial charge is 0.497 e. The lowest BCUT2D eigenvalue weighted by atomic mass is 10.0. The number of amides is 1. The number of ether oxygens (including phenoxy) is 1. The van der Waals surface area contributed by atoms with Crippen molar-refractivity contribution < 1.29 is 22.7 Å². The second kappa shape index (κ2) is 9.05. The first kappa shape index (κ1) is 21.5. The molecule has 3 nitrogen and oxygen atoms in total. The molecule has 0 aromatic heterocycles. The molecule has 0 saturated carbocycles. The summed E-state index contributed by atoms with van der Waals surface area (Å²) < 4.78 is 45.3. The van der Waals surface area contributed by atoms with Gasteiger partial charge >= 0.3 is 6.18 Å². The first-order chi connectivity index (χ1) is 14.3. The molecular weight excluding hydrogens is 415 g/mol. The van der Waals surface area contributed by atoms with E-state index < -0.39 is 17.6 Å². The van der Waals surface area contributed by atoms with E-state index in [1.165, 1.54) is 13.2 Å². The molecule has 0 saturated heterocycles. The minimum absolute atomic E-state index is 0.0719. The maximum atomic E-state index is 13.4. The second-order valence-corrected chi connectivity index (χ2v) is 6.78. The molecule has 30 heavy (non-hydrogen) atoms. The SMILES string of the molecule is COc1ccc(/C=C(/C(=O)Nc2ccc(Cl)cc2C(F)(F)F)c2ccccc2)cc1. The van der Waals surface area contributed by atoms with E-state index in [9.17, 15) is 18.0 Å². The van der Waals surface area contributed by atoms with Crippen LogP contribution in [0.3, 0.4) is 0 Å². The van der Waals surface area contributed by atoms with Crippen LogP contribution in [0.2, 0.25) is 5.02 Å². The molecule has 0 aliphatic rings. The molecule has 0 unspecified atom stereocenters. The number of halogens is 4. The zero-order valence-electron chi connectivity index (χ0n) is 15.8. The Morgan fingerprint density at radius 2 is 1.67 bits per heavy atom. The van der Waals surface area contributed by atoms with Crippen molar-refractivity contribution in [1.82, 2.24) is 0 Å². The standard InChI is InChI=1S/C23H17ClF3NO2/c1-30-18-10-7-15(8-11-18)13-19(16-5-3-2-4-6-16)22(29)28-21-12-9-17(24)14-20(21)23(25,26)27/h2-14H,1H3,(H,28,29)/b19-13+. The molecule has 3 rings (SSSR count). The fourth-order valence-corrected chi connectivity index (χ4v) is 2.99. The van der Waals surface area contributed by atoms with Gasteiger partial charge in [-0.3, -0.25) is 4.79 Å². The van der Waals surface area contributed by atoms with Crippen LogP contribution in [0.4, 0.5) is 18.9 Å². The van der Waals surface area contributed by atoms with Gasteiger partial charge in [-0.2, -0.15) is 13.2 Å². The van der Waals surface area contributed by atoms with Gasteiger partial charge in [-0.05, 0) is 47.5 Å². The van der Waals surface area contributed by atoms with E-state index in [2.05, 4.69) is 5.32 Å². The Morgan fingerprint density at radius 3 is 2.27 bits per heavy atom. The fourth-order valence-electron chi connectivity index (χ4n) is 2.81. The minimum Gasteiger partial charge on any atom is -0.497 e.